The van der Waals surface area contributed by atoms with Gasteiger partial charge in [0.05, 0.1) is 5.97 Å². The Bertz CT molecular complexity index is 424. The van der Waals surface area contributed by atoms with Gasteiger partial charge in [0.25, 0.3) is 0 Å². The molecule has 0 saturated heterocycles. The number of benzene rings is 1. The van der Waals surface area contributed by atoms with Crippen molar-refractivity contribution in [3.8, 4) is 0 Å². The van der Waals surface area contributed by atoms with Gasteiger partial charge in [0.1, 0.15) is 0 Å². The van der Waals surface area contributed by atoms with Crippen molar-refractivity contribution in [3.63, 3.8) is 0 Å². The molecule has 0 atom stereocenters. The van der Waals surface area contributed by atoms with Crippen LogP contribution in [-0.4, -0.2) is 11.9 Å². The number of nitrogens with one attached hydrogen (secondary N) is 1. The van der Waals surface area contributed by atoms with Crippen LogP contribution in [0.25, 0.3) is 0 Å². The van der Waals surface area contributed by atoms with Crippen molar-refractivity contribution in [1.29, 1.82) is 0 Å². The van der Waals surface area contributed by atoms with Crippen molar-refractivity contribution in [3.05, 3.63) is 42.0 Å². The summed E-state index contributed by atoms with van der Waals surface area (Å²) >= 11 is 0. The van der Waals surface area contributed by atoms with Crippen LogP contribution in [0.5, 0.6) is 0 Å². The number of para-hydroxylation sites is 1. The van der Waals surface area contributed by atoms with Crippen LogP contribution in [0.15, 0.2) is 36.4 Å². The van der Waals surface area contributed by atoms with Crippen LogP contribution in [0.4, 0.5) is 5.69 Å². The van der Waals surface area contributed by atoms with Gasteiger partial charge in [0.15, 0.2) is 0 Å². The van der Waals surface area contributed by atoms with E-state index < -0.39 is 11.9 Å². The minimum atomic E-state index is -1.39. The van der Waals surface area contributed by atoms with E-state index >= 15 is 0 Å². The fourth-order valence-electron chi connectivity index (χ4n) is 1.27. The summed E-state index contributed by atoms with van der Waals surface area (Å²) in [5, 5.41) is 12.7. The smallest absolute Gasteiger partial charge is 0.248 e. The van der Waals surface area contributed by atoms with Crippen molar-refractivity contribution < 1.29 is 14.7 Å². The van der Waals surface area contributed by atoms with Gasteiger partial charge in [-0.15, -0.1) is 0 Å². The molecule has 0 bridgehead atoms. The summed E-state index contributed by atoms with van der Waals surface area (Å²) in [4.78, 5) is 21.4. The molecule has 0 saturated carbocycles. The Morgan fingerprint density at radius 2 is 2.00 bits per heavy atom. The lowest BCUT2D eigenvalue weighted by molar-refractivity contribution is -0.297. The van der Waals surface area contributed by atoms with E-state index in [-0.39, 0.29) is 0 Å². The number of carbonyl (C=O) groups excluding carboxylic acids is 2. The van der Waals surface area contributed by atoms with E-state index in [1.54, 1.807) is 12.1 Å². The van der Waals surface area contributed by atoms with Crippen LogP contribution in [0.2, 0.25) is 0 Å². The van der Waals surface area contributed by atoms with Crippen LogP contribution in [0.3, 0.4) is 0 Å². The minimum Gasteiger partial charge on any atom is -0.545 e. The molecule has 1 aromatic carbocycles. The average Bonchev–Trinajstić information content (AvgIpc) is 2.27. The molecule has 1 amide bonds. The van der Waals surface area contributed by atoms with Crippen LogP contribution >= 0.6 is 0 Å². The second kappa shape index (κ2) is 5.70. The summed E-state index contributed by atoms with van der Waals surface area (Å²) in [6.07, 6.45) is 2.42. The highest BCUT2D eigenvalue weighted by Gasteiger charge is 2.01. The predicted octanol–water partition coefficient (Wildman–Crippen LogP) is 0.494. The summed E-state index contributed by atoms with van der Waals surface area (Å²) in [5.74, 6) is -1.87. The van der Waals surface area contributed by atoms with Crippen molar-refractivity contribution in [1.82, 2.24) is 0 Å². The molecule has 0 aliphatic rings. The van der Waals surface area contributed by atoms with Crippen LogP contribution in [0.1, 0.15) is 12.5 Å². The van der Waals surface area contributed by atoms with Gasteiger partial charge in [-0.25, -0.2) is 0 Å². The summed E-state index contributed by atoms with van der Waals surface area (Å²) in [7, 11) is 0. The highest BCUT2D eigenvalue weighted by molar-refractivity contribution is 6.02. The van der Waals surface area contributed by atoms with Crippen molar-refractivity contribution >= 4 is 17.6 Å². The molecule has 1 rings (SSSR count). The number of carboxylic acids is 1. The predicted molar refractivity (Wildman–Crippen MR) is 58.6 cm³/mol. The highest BCUT2D eigenvalue weighted by atomic mass is 16.4. The number of carboxylic acid groups (broad SMARTS) is 1. The number of aliphatic carboxylic acids is 1. The first-order valence-electron chi connectivity index (χ1n) is 4.91. The number of carbonyl (C=O) groups is 2. The second-order valence-electron chi connectivity index (χ2n) is 3.15. The quantitative estimate of drug-likeness (QED) is 0.748. The summed E-state index contributed by atoms with van der Waals surface area (Å²) in [6.45, 7) is 1.97. The second-order valence-corrected chi connectivity index (χ2v) is 3.15. The molecule has 0 aliphatic heterocycles. The van der Waals surface area contributed by atoms with E-state index in [0.717, 1.165) is 18.1 Å². The molecule has 0 unspecified atom stereocenters. The Labute approximate surface area is 93.6 Å². The third-order valence-electron chi connectivity index (χ3n) is 2.03. The van der Waals surface area contributed by atoms with Crippen LogP contribution in [-0.2, 0) is 16.0 Å². The van der Waals surface area contributed by atoms with Crippen molar-refractivity contribution in [2.45, 2.75) is 13.3 Å². The van der Waals surface area contributed by atoms with Crippen LogP contribution < -0.4 is 10.4 Å². The molecule has 4 heteroatoms. The lowest BCUT2D eigenvalue weighted by Crippen LogP contribution is -2.20. The molecule has 0 aromatic heterocycles. The molecule has 84 valence electrons. The molecule has 16 heavy (non-hydrogen) atoms. The third kappa shape index (κ3) is 3.57. The fraction of sp³-hybridized carbons (Fsp3) is 0.167. The van der Waals surface area contributed by atoms with Crippen molar-refractivity contribution in [2.24, 2.45) is 0 Å². The maximum Gasteiger partial charge on any atom is 0.248 e. The first-order chi connectivity index (χ1) is 7.63. The molecule has 0 radical (unpaired) electrons. The van der Waals surface area contributed by atoms with E-state index in [0.29, 0.717) is 11.8 Å². The Kier molecular flexibility index (Phi) is 4.27. The monoisotopic (exact) mass is 218 g/mol. The van der Waals surface area contributed by atoms with Gasteiger partial charge in [0, 0.05) is 11.8 Å². The highest BCUT2D eigenvalue weighted by Crippen LogP contribution is 2.15. The lowest BCUT2D eigenvalue weighted by Gasteiger charge is -2.07. The first kappa shape index (κ1) is 12.0. The Morgan fingerprint density at radius 3 is 2.62 bits per heavy atom. The molecule has 1 aromatic rings. The molecule has 4 nitrogen and oxygen atoms in total. The normalized spacial score (nSPS) is 10.3. The molecule has 0 spiro atoms. The van der Waals surface area contributed by atoms with Crippen LogP contribution in [0, 0.1) is 0 Å². The van der Waals surface area contributed by atoms with Gasteiger partial charge < -0.3 is 15.2 Å². The molecule has 0 heterocycles. The summed E-state index contributed by atoms with van der Waals surface area (Å²) in [6, 6.07) is 7.35. The maximum atomic E-state index is 11.3. The molecule has 0 fully saturated rings. The zero-order valence-electron chi connectivity index (χ0n) is 8.90. The number of rotatable bonds is 4. The number of aryl methyl sites for hydroxylation is 1. The molecule has 0 aliphatic carbocycles. The van der Waals surface area contributed by atoms with Gasteiger partial charge >= 0.3 is 0 Å². The zero-order chi connectivity index (χ0) is 12.0. The Balaban J connectivity index is 2.73. The topological polar surface area (TPSA) is 69.2 Å². The number of hydrogen-bond acceptors (Lipinski definition) is 3. The van der Waals surface area contributed by atoms with Gasteiger partial charge in [-0.1, -0.05) is 25.1 Å². The van der Waals surface area contributed by atoms with E-state index in [9.17, 15) is 14.7 Å². The Morgan fingerprint density at radius 1 is 1.31 bits per heavy atom. The van der Waals surface area contributed by atoms with E-state index in [1.807, 2.05) is 19.1 Å². The number of amides is 1. The van der Waals surface area contributed by atoms with Crippen molar-refractivity contribution in [2.75, 3.05) is 5.32 Å². The Hall–Kier alpha value is -2.10. The molecular formula is C12H12NO3-. The maximum absolute atomic E-state index is 11.3. The summed E-state index contributed by atoms with van der Waals surface area (Å²) < 4.78 is 0. The van der Waals surface area contributed by atoms with Gasteiger partial charge in [0.2, 0.25) is 5.91 Å². The standard InChI is InChI=1S/C12H13NO3/c1-2-9-5-3-4-6-10(9)13-11(14)7-8-12(15)16/h3-8H,2H2,1H3,(H,13,14)(H,15,16)/p-1. The third-order valence-corrected chi connectivity index (χ3v) is 2.03. The van der Waals surface area contributed by atoms with E-state index in [4.69, 9.17) is 0 Å². The first-order valence-corrected chi connectivity index (χ1v) is 4.91. The van der Waals surface area contributed by atoms with E-state index in [2.05, 4.69) is 5.32 Å². The van der Waals surface area contributed by atoms with Gasteiger partial charge in [-0.2, -0.15) is 0 Å². The summed E-state index contributed by atoms with van der Waals surface area (Å²) in [5.41, 5.74) is 1.69. The van der Waals surface area contributed by atoms with Gasteiger partial charge in [-0.05, 0) is 24.1 Å². The number of hydrogen-bond donors (Lipinski definition) is 1. The van der Waals surface area contributed by atoms with E-state index in [1.165, 1.54) is 0 Å². The zero-order valence-corrected chi connectivity index (χ0v) is 8.90. The lowest BCUT2D eigenvalue weighted by atomic mass is 10.1. The molecular weight excluding hydrogens is 206 g/mol. The SMILES string of the molecule is CCc1ccccc1NC(=O)C=CC(=O)[O-]. The van der Waals surface area contributed by atoms with Gasteiger partial charge in [-0.3, -0.25) is 4.79 Å². The fourth-order valence-corrected chi connectivity index (χ4v) is 1.27. The average molecular weight is 218 g/mol. The largest absolute Gasteiger partial charge is 0.545 e. The number of anilines is 1. The molecule has 1 N–H and O–H groups in total. The minimum absolute atomic E-state index is 0.481.